The lowest BCUT2D eigenvalue weighted by molar-refractivity contribution is 0.584. The molecule has 0 bridgehead atoms. The minimum absolute atomic E-state index is 0.00144. The van der Waals surface area contributed by atoms with Crippen LogP contribution in [-0.2, 0) is 26.6 Å². The van der Waals surface area contributed by atoms with Crippen molar-refractivity contribution in [2.24, 2.45) is 0 Å². The van der Waals surface area contributed by atoms with E-state index in [2.05, 4.69) is 17.0 Å². The molecule has 0 radical (unpaired) electrons. The SMILES string of the molecule is C=CCn1nnn(-c2cc(N(S(=O)(=O)CC)S(=O)(=O)CC)c(Cl)cc2F)c1=O. The number of aromatic nitrogens is 4. The van der Waals surface area contributed by atoms with Crippen LogP contribution in [0.15, 0.2) is 29.6 Å². The maximum atomic E-state index is 14.5. The first-order valence-electron chi connectivity index (χ1n) is 7.89. The summed E-state index contributed by atoms with van der Waals surface area (Å²) in [6.07, 6.45) is 1.37. The fourth-order valence-electron chi connectivity index (χ4n) is 2.20. The number of sulfonamides is 2. The number of hydrogen-bond donors (Lipinski definition) is 0. The van der Waals surface area contributed by atoms with Crippen LogP contribution < -0.4 is 9.40 Å². The molecule has 154 valence electrons. The molecule has 10 nitrogen and oxygen atoms in total. The smallest absolute Gasteiger partial charge is 0.244 e. The van der Waals surface area contributed by atoms with E-state index in [0.29, 0.717) is 10.7 Å². The van der Waals surface area contributed by atoms with E-state index in [9.17, 15) is 26.0 Å². The van der Waals surface area contributed by atoms with Gasteiger partial charge < -0.3 is 0 Å². The van der Waals surface area contributed by atoms with Crippen molar-refractivity contribution < 1.29 is 21.2 Å². The van der Waals surface area contributed by atoms with Crippen LogP contribution in [-0.4, -0.2) is 48.1 Å². The van der Waals surface area contributed by atoms with Gasteiger partial charge in [0, 0.05) is 0 Å². The molecule has 2 rings (SSSR count). The van der Waals surface area contributed by atoms with Crippen LogP contribution in [0.4, 0.5) is 10.1 Å². The Morgan fingerprint density at radius 2 is 1.75 bits per heavy atom. The molecule has 0 aliphatic heterocycles. The largest absolute Gasteiger partial charge is 0.368 e. The monoisotopic (exact) mass is 453 g/mol. The summed E-state index contributed by atoms with van der Waals surface area (Å²) < 4.78 is 65.8. The number of tetrazole rings is 1. The minimum Gasteiger partial charge on any atom is -0.244 e. The van der Waals surface area contributed by atoms with Crippen molar-refractivity contribution in [2.75, 3.05) is 15.2 Å². The van der Waals surface area contributed by atoms with Gasteiger partial charge in [-0.25, -0.2) is 26.0 Å². The third-order valence-electron chi connectivity index (χ3n) is 3.62. The van der Waals surface area contributed by atoms with Crippen LogP contribution in [0.2, 0.25) is 5.02 Å². The highest BCUT2D eigenvalue weighted by molar-refractivity contribution is 8.10. The van der Waals surface area contributed by atoms with Crippen molar-refractivity contribution in [3.05, 3.63) is 46.1 Å². The van der Waals surface area contributed by atoms with Gasteiger partial charge in [-0.05, 0) is 36.4 Å². The molecule has 2 aromatic rings. The third-order valence-corrected chi connectivity index (χ3v) is 8.15. The molecule has 1 heterocycles. The quantitative estimate of drug-likeness (QED) is 0.544. The molecule has 0 aliphatic carbocycles. The first kappa shape index (κ1) is 22.0. The molecule has 0 saturated carbocycles. The predicted molar refractivity (Wildman–Crippen MR) is 102 cm³/mol. The van der Waals surface area contributed by atoms with Crippen molar-refractivity contribution >= 4 is 37.3 Å². The number of rotatable bonds is 8. The van der Waals surface area contributed by atoms with Crippen molar-refractivity contribution in [1.29, 1.82) is 0 Å². The second-order valence-corrected chi connectivity index (χ2v) is 10.2. The summed E-state index contributed by atoms with van der Waals surface area (Å²) in [5.74, 6) is -2.13. The topological polar surface area (TPSA) is 124 Å². The Morgan fingerprint density at radius 3 is 2.25 bits per heavy atom. The lowest BCUT2D eigenvalue weighted by Gasteiger charge is -2.24. The van der Waals surface area contributed by atoms with Gasteiger partial charge in [0.05, 0.1) is 28.8 Å². The summed E-state index contributed by atoms with van der Waals surface area (Å²) in [6, 6.07) is 1.53. The molecule has 0 amide bonds. The van der Waals surface area contributed by atoms with E-state index in [-0.39, 0.29) is 10.3 Å². The molecule has 1 aromatic heterocycles. The minimum atomic E-state index is -4.33. The van der Waals surface area contributed by atoms with E-state index < -0.39 is 59.5 Å². The molecule has 28 heavy (non-hydrogen) atoms. The first-order valence-corrected chi connectivity index (χ1v) is 11.5. The van der Waals surface area contributed by atoms with Crippen LogP contribution in [0.1, 0.15) is 13.8 Å². The van der Waals surface area contributed by atoms with Gasteiger partial charge in [-0.1, -0.05) is 17.7 Å². The second-order valence-electron chi connectivity index (χ2n) is 5.40. The lowest BCUT2D eigenvalue weighted by atomic mass is 10.2. The summed E-state index contributed by atoms with van der Waals surface area (Å²) in [6.45, 7) is 5.95. The number of anilines is 1. The standard InChI is InChI=1S/C14H17ClFN5O5S2/c1-4-7-19-14(22)20(18-17-19)13-9-12(10(15)8-11(13)16)21(27(23,24)5-2)28(25,26)6-3/h4,8-9H,1,5-7H2,2-3H3. The van der Waals surface area contributed by atoms with Crippen LogP contribution in [0.25, 0.3) is 5.69 Å². The van der Waals surface area contributed by atoms with E-state index in [4.69, 9.17) is 11.6 Å². The van der Waals surface area contributed by atoms with Gasteiger partial charge in [-0.3, -0.25) is 0 Å². The third kappa shape index (κ3) is 3.95. The van der Waals surface area contributed by atoms with Gasteiger partial charge in [0.25, 0.3) is 0 Å². The summed E-state index contributed by atoms with van der Waals surface area (Å²) in [7, 11) is -8.67. The van der Waals surface area contributed by atoms with Crippen molar-refractivity contribution in [2.45, 2.75) is 20.4 Å². The highest BCUT2D eigenvalue weighted by Gasteiger charge is 2.34. The molecular formula is C14H17ClFN5O5S2. The zero-order chi connectivity index (χ0) is 21.3. The van der Waals surface area contributed by atoms with Crippen molar-refractivity contribution in [1.82, 2.24) is 19.8 Å². The Balaban J connectivity index is 2.81. The fourth-order valence-corrected chi connectivity index (χ4v) is 5.92. The fraction of sp³-hybridized carbons (Fsp3) is 0.357. The molecule has 0 saturated heterocycles. The zero-order valence-corrected chi connectivity index (χ0v) is 17.3. The predicted octanol–water partition coefficient (Wildman–Crippen LogP) is 0.913. The Kier molecular flexibility index (Phi) is 6.31. The highest BCUT2D eigenvalue weighted by Crippen LogP contribution is 2.34. The number of nitrogens with zero attached hydrogens (tertiary/aromatic N) is 5. The van der Waals surface area contributed by atoms with E-state index in [1.807, 2.05) is 0 Å². The average Bonchev–Trinajstić information content (AvgIpc) is 2.98. The molecule has 0 fully saturated rings. The summed E-state index contributed by atoms with van der Waals surface area (Å²) in [5, 5.41) is 6.60. The maximum Gasteiger partial charge on any atom is 0.368 e. The summed E-state index contributed by atoms with van der Waals surface area (Å²) >= 11 is 5.95. The Hall–Kier alpha value is -2.25. The molecule has 0 unspecified atom stereocenters. The second kappa shape index (κ2) is 8.01. The lowest BCUT2D eigenvalue weighted by Crippen LogP contribution is -2.39. The van der Waals surface area contributed by atoms with Crippen molar-refractivity contribution in [3.8, 4) is 5.69 Å². The van der Waals surface area contributed by atoms with E-state index in [0.717, 1.165) is 10.7 Å². The Labute approximate surface area is 165 Å². The molecule has 0 spiro atoms. The van der Waals surface area contributed by atoms with E-state index >= 15 is 0 Å². The van der Waals surface area contributed by atoms with E-state index in [1.54, 1.807) is 0 Å². The van der Waals surface area contributed by atoms with Crippen LogP contribution >= 0.6 is 11.6 Å². The van der Waals surface area contributed by atoms with E-state index in [1.165, 1.54) is 19.9 Å². The number of allylic oxidation sites excluding steroid dienone is 1. The van der Waals surface area contributed by atoms with Gasteiger partial charge in [0.15, 0.2) is 5.82 Å². The first-order chi connectivity index (χ1) is 13.0. The molecular weight excluding hydrogens is 437 g/mol. The summed E-state index contributed by atoms with van der Waals surface area (Å²) in [4.78, 5) is 12.3. The van der Waals surface area contributed by atoms with Gasteiger partial charge in [-0.15, -0.1) is 6.58 Å². The molecule has 14 heteroatoms. The average molecular weight is 454 g/mol. The van der Waals surface area contributed by atoms with Crippen LogP contribution in [0.5, 0.6) is 0 Å². The number of benzene rings is 1. The highest BCUT2D eigenvalue weighted by atomic mass is 35.5. The molecule has 0 N–H and O–H groups in total. The van der Waals surface area contributed by atoms with Gasteiger partial charge in [0.1, 0.15) is 5.69 Å². The van der Waals surface area contributed by atoms with Gasteiger partial charge >= 0.3 is 5.69 Å². The van der Waals surface area contributed by atoms with Crippen molar-refractivity contribution in [3.63, 3.8) is 0 Å². The van der Waals surface area contributed by atoms with Gasteiger partial charge in [0.2, 0.25) is 20.0 Å². The summed E-state index contributed by atoms with van der Waals surface area (Å²) in [5.41, 5.74) is -1.87. The van der Waals surface area contributed by atoms with Gasteiger partial charge in [-0.2, -0.15) is 13.1 Å². The number of halogens is 2. The Morgan fingerprint density at radius 1 is 1.18 bits per heavy atom. The zero-order valence-electron chi connectivity index (χ0n) is 14.9. The molecule has 0 atom stereocenters. The maximum absolute atomic E-state index is 14.5. The van der Waals surface area contributed by atoms with Crippen LogP contribution in [0, 0.1) is 5.82 Å². The number of hydrogen-bond acceptors (Lipinski definition) is 7. The Bertz CT molecular complexity index is 1140. The van der Waals surface area contributed by atoms with Crippen LogP contribution in [0.3, 0.4) is 0 Å². The normalized spacial score (nSPS) is 12.1. The molecule has 0 aliphatic rings. The molecule has 1 aromatic carbocycles.